The van der Waals surface area contributed by atoms with Crippen molar-refractivity contribution >= 4 is 40.1 Å². The molecule has 0 bridgehead atoms. The summed E-state index contributed by atoms with van der Waals surface area (Å²) in [4.78, 5) is 26.6. The van der Waals surface area contributed by atoms with Crippen molar-refractivity contribution in [2.45, 2.75) is 25.3 Å². The van der Waals surface area contributed by atoms with Crippen LogP contribution in [0.25, 0.3) is 0 Å². The highest BCUT2D eigenvalue weighted by Gasteiger charge is 2.32. The number of benzene rings is 2. The third-order valence-corrected chi connectivity index (χ3v) is 5.16. The number of para-hydroxylation sites is 2. The van der Waals surface area contributed by atoms with E-state index in [1.54, 1.807) is 24.1 Å². The molecule has 0 unspecified atom stereocenters. The Bertz CT molecular complexity index is 821. The molecule has 28 heavy (non-hydrogen) atoms. The number of halogens is 1. The second kappa shape index (κ2) is 9.77. The SMILES string of the molecule is COc1ccccc1OCC(=O)N(CCC(=O)Nc1ccc(I)cc1)C1CC1. The van der Waals surface area contributed by atoms with E-state index in [0.717, 1.165) is 22.1 Å². The van der Waals surface area contributed by atoms with Crippen molar-refractivity contribution < 1.29 is 19.1 Å². The molecule has 6 nitrogen and oxygen atoms in total. The van der Waals surface area contributed by atoms with Gasteiger partial charge in [0.2, 0.25) is 5.91 Å². The molecule has 1 fully saturated rings. The second-order valence-electron chi connectivity index (χ2n) is 6.56. The fourth-order valence-electron chi connectivity index (χ4n) is 2.84. The third kappa shape index (κ3) is 5.85. The lowest BCUT2D eigenvalue weighted by Gasteiger charge is -2.22. The number of hydrogen-bond acceptors (Lipinski definition) is 4. The van der Waals surface area contributed by atoms with Gasteiger partial charge in [0.25, 0.3) is 5.91 Å². The van der Waals surface area contributed by atoms with E-state index < -0.39 is 0 Å². The van der Waals surface area contributed by atoms with E-state index in [0.29, 0.717) is 18.0 Å². The van der Waals surface area contributed by atoms with E-state index in [9.17, 15) is 9.59 Å². The average molecular weight is 494 g/mol. The van der Waals surface area contributed by atoms with Gasteiger partial charge in [-0.25, -0.2) is 0 Å². The fourth-order valence-corrected chi connectivity index (χ4v) is 3.20. The van der Waals surface area contributed by atoms with Gasteiger partial charge in [-0.2, -0.15) is 0 Å². The van der Waals surface area contributed by atoms with Gasteiger partial charge in [-0.15, -0.1) is 0 Å². The summed E-state index contributed by atoms with van der Waals surface area (Å²) in [6, 6.07) is 15.0. The topological polar surface area (TPSA) is 67.9 Å². The number of methoxy groups -OCH3 is 1. The van der Waals surface area contributed by atoms with Crippen molar-refractivity contribution in [1.29, 1.82) is 0 Å². The van der Waals surface area contributed by atoms with E-state index in [-0.39, 0.29) is 30.9 Å². The molecule has 3 rings (SSSR count). The Morgan fingerprint density at radius 3 is 2.43 bits per heavy atom. The summed E-state index contributed by atoms with van der Waals surface area (Å²) in [6.07, 6.45) is 2.20. The van der Waals surface area contributed by atoms with Gasteiger partial charge < -0.3 is 19.7 Å². The van der Waals surface area contributed by atoms with Gasteiger partial charge in [-0.05, 0) is 71.8 Å². The lowest BCUT2D eigenvalue weighted by molar-refractivity contribution is -0.134. The summed E-state index contributed by atoms with van der Waals surface area (Å²) in [5.41, 5.74) is 0.759. The molecule has 148 valence electrons. The molecular weight excluding hydrogens is 471 g/mol. The van der Waals surface area contributed by atoms with E-state index >= 15 is 0 Å². The predicted molar refractivity (Wildman–Crippen MR) is 116 cm³/mol. The summed E-state index contributed by atoms with van der Waals surface area (Å²) >= 11 is 2.22. The monoisotopic (exact) mass is 494 g/mol. The smallest absolute Gasteiger partial charge is 0.260 e. The summed E-state index contributed by atoms with van der Waals surface area (Å²) < 4.78 is 12.0. The molecule has 0 aliphatic heterocycles. The third-order valence-electron chi connectivity index (χ3n) is 4.44. The van der Waals surface area contributed by atoms with Crippen molar-refractivity contribution in [3.8, 4) is 11.5 Å². The Balaban J connectivity index is 1.51. The number of hydrogen-bond donors (Lipinski definition) is 1. The Hall–Kier alpha value is -2.29. The standard InChI is InChI=1S/C21H23IN2O4/c1-27-18-4-2-3-5-19(18)28-14-21(26)24(17-10-11-17)13-12-20(25)23-16-8-6-15(22)7-9-16/h2-9,17H,10-14H2,1H3,(H,23,25). The van der Waals surface area contributed by atoms with E-state index in [1.807, 2.05) is 36.4 Å². The molecular formula is C21H23IN2O4. The van der Waals surface area contributed by atoms with Crippen LogP contribution in [0.1, 0.15) is 19.3 Å². The number of nitrogens with zero attached hydrogens (tertiary/aromatic N) is 1. The lowest BCUT2D eigenvalue weighted by atomic mass is 10.3. The minimum Gasteiger partial charge on any atom is -0.493 e. The molecule has 0 heterocycles. The van der Waals surface area contributed by atoms with Crippen molar-refractivity contribution in [3.05, 3.63) is 52.1 Å². The summed E-state index contributed by atoms with van der Waals surface area (Å²) in [5.74, 6) is 0.900. The number of anilines is 1. The van der Waals surface area contributed by atoms with Gasteiger partial charge in [-0.3, -0.25) is 9.59 Å². The summed E-state index contributed by atoms with van der Waals surface area (Å²) in [6.45, 7) is 0.310. The molecule has 7 heteroatoms. The van der Waals surface area contributed by atoms with Crippen molar-refractivity contribution in [3.63, 3.8) is 0 Å². The van der Waals surface area contributed by atoms with Crippen molar-refractivity contribution in [2.24, 2.45) is 0 Å². The van der Waals surface area contributed by atoms with E-state index in [4.69, 9.17) is 9.47 Å². The highest BCUT2D eigenvalue weighted by molar-refractivity contribution is 14.1. The highest BCUT2D eigenvalue weighted by Crippen LogP contribution is 2.28. The van der Waals surface area contributed by atoms with Crippen LogP contribution in [0, 0.1) is 3.57 Å². The van der Waals surface area contributed by atoms with Crippen LogP contribution in [0.4, 0.5) is 5.69 Å². The Kier molecular flexibility index (Phi) is 7.13. The molecule has 1 N–H and O–H groups in total. The number of carbonyl (C=O) groups is 2. The molecule has 2 amide bonds. The molecule has 0 aromatic heterocycles. The highest BCUT2D eigenvalue weighted by atomic mass is 127. The molecule has 2 aromatic rings. The van der Waals surface area contributed by atoms with Gasteiger partial charge in [0.05, 0.1) is 7.11 Å². The maximum Gasteiger partial charge on any atom is 0.260 e. The zero-order valence-electron chi connectivity index (χ0n) is 15.7. The zero-order valence-corrected chi connectivity index (χ0v) is 17.8. The minimum absolute atomic E-state index is 0.0738. The molecule has 0 atom stereocenters. The van der Waals surface area contributed by atoms with Crippen molar-refractivity contribution in [2.75, 3.05) is 25.6 Å². The molecule has 2 aromatic carbocycles. The maximum atomic E-state index is 12.6. The lowest BCUT2D eigenvalue weighted by Crippen LogP contribution is -2.38. The molecule has 0 saturated heterocycles. The Labute approximate surface area is 178 Å². The molecule has 1 saturated carbocycles. The van der Waals surface area contributed by atoms with Crippen LogP contribution in [0.5, 0.6) is 11.5 Å². The maximum absolute atomic E-state index is 12.6. The largest absolute Gasteiger partial charge is 0.493 e. The fraction of sp³-hybridized carbons (Fsp3) is 0.333. The summed E-state index contributed by atoms with van der Waals surface area (Å²) in [7, 11) is 1.56. The first-order valence-corrected chi connectivity index (χ1v) is 10.3. The number of amides is 2. The van der Waals surface area contributed by atoms with Gasteiger partial charge in [0.1, 0.15) is 0 Å². The van der Waals surface area contributed by atoms with Gasteiger partial charge in [-0.1, -0.05) is 12.1 Å². The Morgan fingerprint density at radius 2 is 1.79 bits per heavy atom. The average Bonchev–Trinajstić information content (AvgIpc) is 3.53. The van der Waals surface area contributed by atoms with Gasteiger partial charge >= 0.3 is 0 Å². The predicted octanol–water partition coefficient (Wildman–Crippen LogP) is 3.70. The van der Waals surface area contributed by atoms with E-state index in [2.05, 4.69) is 27.9 Å². The van der Waals surface area contributed by atoms with Crippen LogP contribution in [0.3, 0.4) is 0 Å². The summed E-state index contributed by atoms with van der Waals surface area (Å²) in [5, 5.41) is 2.87. The molecule has 0 radical (unpaired) electrons. The van der Waals surface area contributed by atoms with Crippen molar-refractivity contribution in [1.82, 2.24) is 4.90 Å². The second-order valence-corrected chi connectivity index (χ2v) is 7.81. The quantitative estimate of drug-likeness (QED) is 0.540. The number of rotatable bonds is 9. The first-order valence-electron chi connectivity index (χ1n) is 9.17. The van der Waals surface area contributed by atoms with Crippen LogP contribution < -0.4 is 14.8 Å². The first kappa shape index (κ1) is 20.4. The van der Waals surface area contributed by atoms with Gasteiger partial charge in [0.15, 0.2) is 18.1 Å². The molecule has 1 aliphatic rings. The van der Waals surface area contributed by atoms with Gasteiger partial charge in [0, 0.05) is 28.3 Å². The van der Waals surface area contributed by atoms with Crippen LogP contribution in [0.15, 0.2) is 48.5 Å². The van der Waals surface area contributed by atoms with Crippen LogP contribution >= 0.6 is 22.6 Å². The Morgan fingerprint density at radius 1 is 1.11 bits per heavy atom. The molecule has 1 aliphatic carbocycles. The normalized spacial score (nSPS) is 12.9. The zero-order chi connectivity index (χ0) is 19.9. The van der Waals surface area contributed by atoms with Crippen LogP contribution in [-0.2, 0) is 9.59 Å². The molecule has 0 spiro atoms. The van der Waals surface area contributed by atoms with Crippen LogP contribution in [0.2, 0.25) is 0 Å². The minimum atomic E-state index is -0.115. The first-order chi connectivity index (χ1) is 13.6. The number of nitrogens with one attached hydrogen (secondary N) is 1. The van der Waals surface area contributed by atoms with E-state index in [1.165, 1.54) is 0 Å². The van der Waals surface area contributed by atoms with Crippen LogP contribution in [-0.4, -0.2) is 43.0 Å². The number of ether oxygens (including phenoxy) is 2. The number of carbonyl (C=O) groups excluding carboxylic acids is 2.